The second kappa shape index (κ2) is 25.4. The number of pyridine rings is 1. The molecule has 0 saturated carbocycles. The molecular weight excluding hydrogens is 1060 g/mol. The highest BCUT2D eigenvalue weighted by Gasteiger charge is 2.53. The molecule has 2 N–H and O–H groups in total. The van der Waals surface area contributed by atoms with E-state index in [-0.39, 0.29) is 30.5 Å². The van der Waals surface area contributed by atoms with Gasteiger partial charge in [0.2, 0.25) is 0 Å². The topological polar surface area (TPSA) is 254 Å². The fourth-order valence-electron chi connectivity index (χ4n) is 10.1. The molecule has 0 unspecified atom stereocenters. The number of imidazole rings is 1. The maximum Gasteiger partial charge on any atom is 0.317 e. The molecule has 22 heteroatoms. The number of carbonyl (C=O) groups is 4. The molecule has 0 bridgehead atoms. The molecule has 0 spiro atoms. The molecule has 2 fully saturated rings. The number of aliphatic hydroxyl groups is 1. The van der Waals surface area contributed by atoms with Crippen LogP contribution >= 0.6 is 22.6 Å². The number of cyclic esters (lactones) is 1. The quantitative estimate of drug-likeness (QED) is 0.0175. The highest BCUT2D eigenvalue weighted by atomic mass is 127. The fourth-order valence-corrected chi connectivity index (χ4v) is 10.9. The lowest BCUT2D eigenvalue weighted by molar-refractivity contribution is -0.384. The van der Waals surface area contributed by atoms with Gasteiger partial charge < -0.3 is 43.6 Å². The zero-order chi connectivity index (χ0) is 53.2. The number of halogens is 1. The maximum atomic E-state index is 14.8. The number of hydrogen-bond acceptors (Lipinski definition) is 18. The summed E-state index contributed by atoms with van der Waals surface area (Å²) in [5, 5.41) is 35.2. The highest BCUT2D eigenvalue weighted by Crippen LogP contribution is 2.39. The van der Waals surface area contributed by atoms with Gasteiger partial charge in [-0.1, -0.05) is 38.1 Å². The first-order valence-corrected chi connectivity index (χ1v) is 26.0. The van der Waals surface area contributed by atoms with E-state index in [0.29, 0.717) is 51.1 Å². The lowest BCUT2D eigenvalue weighted by Crippen LogP contribution is -2.62. The maximum absolute atomic E-state index is 14.8. The van der Waals surface area contributed by atoms with Crippen LogP contribution in [0.25, 0.3) is 11.3 Å². The lowest BCUT2D eigenvalue weighted by Gasteiger charge is -2.47. The van der Waals surface area contributed by atoms with Gasteiger partial charge in [-0.2, -0.15) is 0 Å². The summed E-state index contributed by atoms with van der Waals surface area (Å²) < 4.78 is 33.6. The van der Waals surface area contributed by atoms with Gasteiger partial charge in [-0.3, -0.25) is 34.3 Å². The van der Waals surface area contributed by atoms with Gasteiger partial charge in [0.15, 0.2) is 21.8 Å². The van der Waals surface area contributed by atoms with E-state index in [4.69, 9.17) is 23.7 Å². The Morgan fingerprint density at radius 3 is 2.47 bits per heavy atom. The monoisotopic (exact) mass is 1130 g/mol. The number of likely N-dealkylation sites (N-methyl/N-ethyl adjacent to an activating group) is 1. The molecule has 2 aliphatic heterocycles. The number of aryl methyl sites for hydroxylation is 1. The molecule has 1 aromatic carbocycles. The van der Waals surface area contributed by atoms with Crippen molar-refractivity contribution in [3.8, 4) is 11.3 Å². The van der Waals surface area contributed by atoms with Gasteiger partial charge in [-0.15, -0.1) is 5.10 Å². The highest BCUT2D eigenvalue weighted by molar-refractivity contribution is 14.1. The van der Waals surface area contributed by atoms with E-state index in [1.54, 1.807) is 70.2 Å². The Morgan fingerprint density at radius 1 is 1.05 bits per heavy atom. The predicted octanol–water partition coefficient (Wildman–Crippen LogP) is 5.38. The summed E-state index contributed by atoms with van der Waals surface area (Å²) >= 11 is 1.89. The number of nitro benzene ring substituents is 1. The fraction of sp³-hybridized carbons (Fsp3) is 0.608. The van der Waals surface area contributed by atoms with Crippen molar-refractivity contribution in [1.82, 2.24) is 39.7 Å². The number of benzene rings is 1. The third kappa shape index (κ3) is 14.0. The van der Waals surface area contributed by atoms with Gasteiger partial charge in [0.1, 0.15) is 17.8 Å². The average molecular weight is 1130 g/mol. The lowest BCUT2D eigenvalue weighted by atomic mass is 9.74. The first kappa shape index (κ1) is 57.2. The molecule has 3 aromatic heterocycles. The Labute approximate surface area is 439 Å². The molecule has 21 nitrogen and oxygen atoms in total. The van der Waals surface area contributed by atoms with Crippen molar-refractivity contribution < 1.29 is 52.9 Å². The van der Waals surface area contributed by atoms with Crippen LogP contribution in [0.4, 0.5) is 5.69 Å². The standard InChI is InChI=1S/C51H70IN9O12/c1-31-24-50(6,69-9)46(72-48-44(65)41(23-32(2)71-48)58(8)22-18-38-27-60(57-56-38)26-36-14-16-39(17-15-36)61(67)68)34(4)43(64)35(5)47(66)73-49(52)51(7,70-30-62)45(33(3)42(31)63)54-20-10-11-21-59-28-40(55-29-59)37-13-12-19-53-25-37/h12-17,19,25,27-35,41,44-46,48-49,54,65H,10-11,18,20-24,26H2,1-9H3/t31-,32-,33+,34+,35-,41+,44-,45-,46-,48+,49+,50-,51+/m1/s1. The third-order valence-electron chi connectivity index (χ3n) is 14.5. The van der Waals surface area contributed by atoms with E-state index in [0.717, 1.165) is 23.2 Å². The number of aliphatic hydroxyl groups excluding tert-OH is 1. The number of ketones is 2. The number of Topliss-reactive ketones (excluding diaryl/α,β-unsaturated/α-hetero) is 2. The Morgan fingerprint density at radius 2 is 1.79 bits per heavy atom. The zero-order valence-corrected chi connectivity index (χ0v) is 45.2. The number of unbranched alkanes of at least 4 members (excludes halogenated alkanes) is 1. The summed E-state index contributed by atoms with van der Waals surface area (Å²) in [4.78, 5) is 76.9. The molecular formula is C51H70IN9O12. The second-order valence-electron chi connectivity index (χ2n) is 20.0. The molecule has 6 rings (SSSR count). The van der Waals surface area contributed by atoms with Crippen LogP contribution in [-0.2, 0) is 62.4 Å². The zero-order valence-electron chi connectivity index (χ0n) is 43.0. The normalized spacial score (nSPS) is 30.7. The van der Waals surface area contributed by atoms with Crippen LogP contribution in [0.15, 0.2) is 67.5 Å². The number of nitrogens with zero attached hydrogens (tertiary/aromatic N) is 8. The van der Waals surface area contributed by atoms with E-state index < -0.39 is 86.2 Å². The van der Waals surface area contributed by atoms with Crippen LogP contribution in [0.1, 0.15) is 85.4 Å². The van der Waals surface area contributed by atoms with Crippen molar-refractivity contribution >= 4 is 52.3 Å². The number of esters is 1. The summed E-state index contributed by atoms with van der Waals surface area (Å²) in [6.45, 7) is 14.1. The molecule has 4 aromatic rings. The molecule has 398 valence electrons. The number of nitro groups is 1. The van der Waals surface area contributed by atoms with E-state index in [1.165, 1.54) is 26.2 Å². The molecule has 13 atom stereocenters. The number of carbonyl (C=O) groups excluding carboxylic acids is 4. The molecule has 2 aliphatic rings. The van der Waals surface area contributed by atoms with E-state index in [9.17, 15) is 34.4 Å². The van der Waals surface area contributed by atoms with Crippen LogP contribution in [0.3, 0.4) is 0 Å². The Kier molecular flexibility index (Phi) is 19.9. The Hall–Kier alpha value is -5.11. The van der Waals surface area contributed by atoms with Gasteiger partial charge in [0, 0.05) is 92.9 Å². The summed E-state index contributed by atoms with van der Waals surface area (Å²) in [7, 11) is 3.35. The Bertz CT molecular complexity index is 2480. The van der Waals surface area contributed by atoms with E-state index in [2.05, 4.69) is 25.6 Å². The molecule has 0 radical (unpaired) electrons. The largest absolute Gasteiger partial charge is 0.455 e. The smallest absolute Gasteiger partial charge is 0.317 e. The van der Waals surface area contributed by atoms with E-state index in [1.807, 2.05) is 70.6 Å². The van der Waals surface area contributed by atoms with Crippen molar-refractivity contribution in [2.75, 3.05) is 27.2 Å². The van der Waals surface area contributed by atoms with Crippen LogP contribution in [0.2, 0.25) is 0 Å². The van der Waals surface area contributed by atoms with Crippen molar-refractivity contribution in [3.05, 3.63) is 88.9 Å². The summed E-state index contributed by atoms with van der Waals surface area (Å²) in [6, 6.07) is 8.74. The van der Waals surface area contributed by atoms with Crippen molar-refractivity contribution in [1.29, 1.82) is 0 Å². The van der Waals surface area contributed by atoms with Crippen LogP contribution in [0, 0.1) is 33.8 Å². The number of nitrogens with one attached hydrogen (secondary N) is 1. The van der Waals surface area contributed by atoms with Crippen molar-refractivity contribution in [2.45, 2.75) is 146 Å². The second-order valence-corrected chi connectivity index (χ2v) is 21.1. The number of methoxy groups -OCH3 is 1. The van der Waals surface area contributed by atoms with Crippen LogP contribution in [-0.4, -0.2) is 148 Å². The number of ether oxygens (including phenoxy) is 5. The SMILES string of the molecule is CO[C@]1(C)C[C@@H](C)C(=O)[C@H](C)[C@@H](NCCCCn2cnc(-c3cccnc3)c2)[C@](C)(OC=O)[C@@H](I)OC(=O)[C@H](C)C(=O)[C@H](C)[C@H]1O[C@@H]1O[C@H](C)C[C@H](N(C)CCc2cn(Cc3ccc([N+](=O)[O-])cc3)nn2)[C@H]1O. The minimum atomic E-state index is -1.56. The van der Waals surface area contributed by atoms with Crippen LogP contribution in [0.5, 0.6) is 0 Å². The molecule has 2 saturated heterocycles. The summed E-state index contributed by atoms with van der Waals surface area (Å²) in [5.74, 6) is -5.45. The van der Waals surface area contributed by atoms with Gasteiger partial charge in [-0.25, -0.2) is 9.67 Å². The molecule has 0 amide bonds. The minimum absolute atomic E-state index is 0.00372. The van der Waals surface area contributed by atoms with Gasteiger partial charge >= 0.3 is 5.97 Å². The van der Waals surface area contributed by atoms with Crippen LogP contribution < -0.4 is 5.32 Å². The van der Waals surface area contributed by atoms with Gasteiger partial charge in [0.25, 0.3) is 12.2 Å². The number of aromatic nitrogens is 6. The molecule has 5 heterocycles. The minimum Gasteiger partial charge on any atom is -0.455 e. The summed E-state index contributed by atoms with van der Waals surface area (Å²) in [6.07, 6.45) is 7.45. The molecule has 73 heavy (non-hydrogen) atoms. The predicted molar refractivity (Wildman–Crippen MR) is 275 cm³/mol. The van der Waals surface area contributed by atoms with Crippen molar-refractivity contribution in [2.24, 2.45) is 23.7 Å². The third-order valence-corrected chi connectivity index (χ3v) is 16.0. The summed E-state index contributed by atoms with van der Waals surface area (Å²) in [5.41, 5.74) is 0.342. The number of alkyl halides is 1. The number of rotatable bonds is 19. The van der Waals surface area contributed by atoms with E-state index >= 15 is 0 Å². The average Bonchev–Trinajstić information content (AvgIpc) is 4.05. The Balaban J connectivity index is 1.17. The van der Waals surface area contributed by atoms with Gasteiger partial charge in [0.05, 0.1) is 53.0 Å². The number of hydrogen-bond donors (Lipinski definition) is 2. The molecule has 0 aliphatic carbocycles. The van der Waals surface area contributed by atoms with Crippen molar-refractivity contribution in [3.63, 3.8) is 0 Å². The first-order chi connectivity index (χ1) is 34.7. The number of non-ortho nitro benzene ring substituents is 1. The van der Waals surface area contributed by atoms with Gasteiger partial charge in [-0.05, 0) is 107 Å². The first-order valence-electron chi connectivity index (χ1n) is 24.7.